The van der Waals surface area contributed by atoms with Crippen molar-refractivity contribution in [2.75, 3.05) is 25.6 Å². The van der Waals surface area contributed by atoms with E-state index in [1.54, 1.807) is 13.2 Å². The molecule has 0 radical (unpaired) electrons. The Morgan fingerprint density at radius 2 is 1.72 bits per heavy atom. The highest BCUT2D eigenvalue weighted by Crippen LogP contribution is 2.18. The Labute approximate surface area is 170 Å². The van der Waals surface area contributed by atoms with Gasteiger partial charge in [-0.15, -0.1) is 0 Å². The fourth-order valence-corrected chi connectivity index (χ4v) is 2.67. The van der Waals surface area contributed by atoms with E-state index in [0.29, 0.717) is 36.2 Å². The number of para-hydroxylation sites is 1. The van der Waals surface area contributed by atoms with Crippen LogP contribution in [0, 0.1) is 13.8 Å². The molecular formula is C22H24N4O3. The summed E-state index contributed by atoms with van der Waals surface area (Å²) in [5, 5.41) is 5.98. The van der Waals surface area contributed by atoms with E-state index in [4.69, 9.17) is 9.47 Å². The van der Waals surface area contributed by atoms with Crippen molar-refractivity contribution >= 4 is 17.5 Å². The zero-order chi connectivity index (χ0) is 20.6. The number of aromatic nitrogens is 2. The summed E-state index contributed by atoms with van der Waals surface area (Å²) < 4.78 is 10.7. The van der Waals surface area contributed by atoms with Gasteiger partial charge in [0.1, 0.15) is 23.8 Å². The Hall–Kier alpha value is -3.61. The number of nitrogens with one attached hydrogen (secondary N) is 2. The Morgan fingerprint density at radius 3 is 2.45 bits per heavy atom. The summed E-state index contributed by atoms with van der Waals surface area (Å²) in [4.78, 5) is 21.2. The highest BCUT2D eigenvalue weighted by Gasteiger charge is 2.11. The van der Waals surface area contributed by atoms with Crippen LogP contribution in [-0.4, -0.2) is 36.1 Å². The predicted octanol–water partition coefficient (Wildman–Crippen LogP) is 3.65. The number of aryl methyl sites for hydroxylation is 2. The molecule has 7 heteroatoms. The molecule has 0 aliphatic carbocycles. The Morgan fingerprint density at radius 1 is 1.00 bits per heavy atom. The van der Waals surface area contributed by atoms with Gasteiger partial charge in [0.05, 0.1) is 13.7 Å². The van der Waals surface area contributed by atoms with Gasteiger partial charge in [-0.25, -0.2) is 9.97 Å². The lowest BCUT2D eigenvalue weighted by atomic mass is 10.2. The molecule has 3 aromatic rings. The zero-order valence-electron chi connectivity index (χ0n) is 16.7. The van der Waals surface area contributed by atoms with Gasteiger partial charge in [0, 0.05) is 11.4 Å². The molecule has 2 N–H and O–H groups in total. The number of hydrogen-bond acceptors (Lipinski definition) is 6. The molecule has 3 rings (SSSR count). The van der Waals surface area contributed by atoms with Crippen LogP contribution in [0.1, 0.15) is 21.7 Å². The predicted molar refractivity (Wildman–Crippen MR) is 112 cm³/mol. The topological polar surface area (TPSA) is 85.4 Å². The standard InChI is InChI=1S/C22H24N4O3/c1-15-6-4-5-7-19(15)25-22-24-16(2)14-20(26-22)21(27)23-12-13-29-18-10-8-17(28-3)9-11-18/h4-11,14H,12-13H2,1-3H3,(H,23,27)(H,24,25,26). The van der Waals surface area contributed by atoms with E-state index < -0.39 is 0 Å². The lowest BCUT2D eigenvalue weighted by Crippen LogP contribution is -2.29. The smallest absolute Gasteiger partial charge is 0.270 e. The maximum Gasteiger partial charge on any atom is 0.270 e. The zero-order valence-corrected chi connectivity index (χ0v) is 16.7. The SMILES string of the molecule is COc1ccc(OCCNC(=O)c2cc(C)nc(Nc3ccccc3C)n2)cc1. The van der Waals surface area contributed by atoms with Crippen LogP contribution in [0.5, 0.6) is 11.5 Å². The Kier molecular flexibility index (Phi) is 6.63. The number of ether oxygens (including phenoxy) is 2. The first-order valence-corrected chi connectivity index (χ1v) is 9.28. The molecule has 150 valence electrons. The number of nitrogens with zero attached hydrogens (tertiary/aromatic N) is 2. The molecule has 29 heavy (non-hydrogen) atoms. The first kappa shape index (κ1) is 20.1. The molecule has 0 aliphatic heterocycles. The van der Waals surface area contributed by atoms with Gasteiger partial charge >= 0.3 is 0 Å². The van der Waals surface area contributed by atoms with Gasteiger partial charge in [-0.05, 0) is 55.8 Å². The second-order valence-electron chi connectivity index (χ2n) is 6.44. The highest BCUT2D eigenvalue weighted by atomic mass is 16.5. The molecule has 2 aromatic carbocycles. The minimum atomic E-state index is -0.276. The number of carbonyl (C=O) groups excluding carboxylic acids is 1. The molecule has 0 atom stereocenters. The van der Waals surface area contributed by atoms with E-state index in [0.717, 1.165) is 17.0 Å². The molecule has 7 nitrogen and oxygen atoms in total. The first-order chi connectivity index (χ1) is 14.0. The van der Waals surface area contributed by atoms with Gasteiger partial charge in [-0.1, -0.05) is 18.2 Å². The number of hydrogen-bond donors (Lipinski definition) is 2. The van der Waals surface area contributed by atoms with Crippen molar-refractivity contribution in [1.29, 1.82) is 0 Å². The number of rotatable bonds is 8. The summed E-state index contributed by atoms with van der Waals surface area (Å²) >= 11 is 0. The molecule has 0 saturated heterocycles. The van der Waals surface area contributed by atoms with E-state index in [1.165, 1.54) is 0 Å². The van der Waals surface area contributed by atoms with Crippen molar-refractivity contribution in [3.05, 3.63) is 71.5 Å². The van der Waals surface area contributed by atoms with Crippen LogP contribution in [0.3, 0.4) is 0 Å². The van der Waals surface area contributed by atoms with Crippen molar-refractivity contribution in [1.82, 2.24) is 15.3 Å². The monoisotopic (exact) mass is 392 g/mol. The van der Waals surface area contributed by atoms with E-state index in [-0.39, 0.29) is 5.91 Å². The minimum Gasteiger partial charge on any atom is -0.497 e. The quantitative estimate of drug-likeness (QED) is 0.569. The third kappa shape index (κ3) is 5.68. The third-order valence-electron chi connectivity index (χ3n) is 4.19. The fourth-order valence-electron chi connectivity index (χ4n) is 2.67. The van der Waals surface area contributed by atoms with Crippen LogP contribution < -0.4 is 20.1 Å². The summed E-state index contributed by atoms with van der Waals surface area (Å²) in [5.74, 6) is 1.59. The fraction of sp³-hybridized carbons (Fsp3) is 0.227. The number of methoxy groups -OCH3 is 1. The van der Waals surface area contributed by atoms with Crippen molar-refractivity contribution in [3.8, 4) is 11.5 Å². The van der Waals surface area contributed by atoms with Crippen molar-refractivity contribution in [2.45, 2.75) is 13.8 Å². The first-order valence-electron chi connectivity index (χ1n) is 9.28. The van der Waals surface area contributed by atoms with Gasteiger partial charge in [0.2, 0.25) is 5.95 Å². The van der Waals surface area contributed by atoms with Crippen molar-refractivity contribution in [3.63, 3.8) is 0 Å². The highest BCUT2D eigenvalue weighted by molar-refractivity contribution is 5.92. The van der Waals surface area contributed by atoms with Crippen LogP contribution in [0.4, 0.5) is 11.6 Å². The molecule has 0 unspecified atom stereocenters. The van der Waals surface area contributed by atoms with Gasteiger partial charge < -0.3 is 20.1 Å². The molecular weight excluding hydrogens is 368 g/mol. The molecule has 1 aromatic heterocycles. The average molecular weight is 392 g/mol. The average Bonchev–Trinajstić information content (AvgIpc) is 2.73. The van der Waals surface area contributed by atoms with Crippen LogP contribution in [0.15, 0.2) is 54.6 Å². The summed E-state index contributed by atoms with van der Waals surface area (Å²) in [6.45, 7) is 4.52. The van der Waals surface area contributed by atoms with Gasteiger partial charge in [-0.2, -0.15) is 0 Å². The summed E-state index contributed by atoms with van der Waals surface area (Å²) in [6.07, 6.45) is 0. The van der Waals surface area contributed by atoms with Crippen LogP contribution in [-0.2, 0) is 0 Å². The number of benzene rings is 2. The summed E-state index contributed by atoms with van der Waals surface area (Å²) in [6, 6.07) is 16.8. The molecule has 0 saturated carbocycles. The van der Waals surface area contributed by atoms with E-state index in [2.05, 4.69) is 20.6 Å². The maximum absolute atomic E-state index is 12.5. The molecule has 0 spiro atoms. The summed E-state index contributed by atoms with van der Waals surface area (Å²) in [7, 11) is 1.61. The van der Waals surface area contributed by atoms with Gasteiger partial charge in [0.25, 0.3) is 5.91 Å². The normalized spacial score (nSPS) is 10.3. The summed E-state index contributed by atoms with van der Waals surface area (Å²) in [5.41, 5.74) is 2.98. The van der Waals surface area contributed by atoms with Crippen molar-refractivity contribution < 1.29 is 14.3 Å². The minimum absolute atomic E-state index is 0.276. The molecule has 0 bridgehead atoms. The molecule has 1 heterocycles. The Balaban J connectivity index is 1.56. The lowest BCUT2D eigenvalue weighted by Gasteiger charge is -2.11. The Bertz CT molecular complexity index is 974. The third-order valence-corrected chi connectivity index (χ3v) is 4.19. The lowest BCUT2D eigenvalue weighted by molar-refractivity contribution is 0.0942. The van der Waals surface area contributed by atoms with Gasteiger partial charge in [-0.3, -0.25) is 4.79 Å². The second kappa shape index (κ2) is 9.54. The number of amides is 1. The van der Waals surface area contributed by atoms with E-state index in [9.17, 15) is 4.79 Å². The van der Waals surface area contributed by atoms with Crippen LogP contribution >= 0.6 is 0 Å². The van der Waals surface area contributed by atoms with E-state index in [1.807, 2.05) is 62.4 Å². The maximum atomic E-state index is 12.5. The van der Waals surface area contributed by atoms with Crippen molar-refractivity contribution in [2.24, 2.45) is 0 Å². The number of anilines is 2. The molecule has 0 fully saturated rings. The molecule has 1 amide bonds. The molecule has 0 aliphatic rings. The second-order valence-corrected chi connectivity index (χ2v) is 6.44. The van der Waals surface area contributed by atoms with Crippen LogP contribution in [0.2, 0.25) is 0 Å². The van der Waals surface area contributed by atoms with E-state index >= 15 is 0 Å². The van der Waals surface area contributed by atoms with Gasteiger partial charge in [0.15, 0.2) is 0 Å². The largest absolute Gasteiger partial charge is 0.497 e. The number of carbonyl (C=O) groups is 1. The van der Waals surface area contributed by atoms with Crippen LogP contribution in [0.25, 0.3) is 0 Å².